The summed E-state index contributed by atoms with van der Waals surface area (Å²) in [7, 11) is -0.147. The molecule has 2 amide bonds. The molecule has 12 rings (SSSR count). The molecule has 2 N–H and O–H groups in total. The van der Waals surface area contributed by atoms with Crippen molar-refractivity contribution in [3.05, 3.63) is 116 Å². The molecule has 476 valence electrons. The minimum atomic E-state index is -3.97. The monoisotopic (exact) mass is 1280 g/mol. The Labute approximate surface area is 531 Å². The maximum atomic E-state index is 13.8. The Morgan fingerprint density at radius 1 is 0.545 bits per heavy atom. The average molecular weight is 1280 g/mol. The van der Waals surface area contributed by atoms with Gasteiger partial charge in [0.25, 0.3) is 11.8 Å². The summed E-state index contributed by atoms with van der Waals surface area (Å²) in [5, 5.41) is -0.169. The van der Waals surface area contributed by atoms with E-state index in [1.165, 1.54) is 22.3 Å². The molecule has 0 saturated heterocycles. The fraction of sp³-hybridized carbons (Fsp3) is 0.588. The Balaban J connectivity index is 0.000000182. The van der Waals surface area contributed by atoms with E-state index < -0.39 is 42.4 Å². The fourth-order valence-electron chi connectivity index (χ4n) is 15.6. The minimum Gasteiger partial charge on any atom is -0.490 e. The SMILES string of the molecule is C[C@@H]1[C@@H](C)C[C@@H](N(C)C)CC(=O)[C@@H]2CC[C@H]2CN2C[C@@]3(CCCc4cc(Cl)ccc43)COc3ccc(cc32)C(=O)NS1(=O)=O.C[C@@H]1[C@@H](C)C[C@H](N(C)C)CC(=O)[C@@H]2CC[C@H]2CN2C[C@@]3(CCCc4cc(Cl)ccc43)COc3ccc(cc32)C(=O)NS1(=O)=O. The highest BCUT2D eigenvalue weighted by molar-refractivity contribution is 7.91. The number of ketones is 2. The molecule has 4 heterocycles. The molecule has 2 fully saturated rings. The fourth-order valence-corrected chi connectivity index (χ4v) is 18.6. The van der Waals surface area contributed by atoms with Gasteiger partial charge in [-0.15, -0.1) is 0 Å². The van der Waals surface area contributed by atoms with Gasteiger partial charge in [-0.25, -0.2) is 26.3 Å². The van der Waals surface area contributed by atoms with E-state index in [0.717, 1.165) is 85.6 Å². The molecule has 88 heavy (non-hydrogen) atoms. The van der Waals surface area contributed by atoms with Gasteiger partial charge in [-0.05, 0) is 226 Å². The number of Topliss-reactive ketones (excluding diaryl/α,β-unsaturated/α-hetero) is 2. The summed E-state index contributed by atoms with van der Waals surface area (Å²) < 4.78 is 71.4. The third kappa shape index (κ3) is 13.0. The van der Waals surface area contributed by atoms with E-state index in [1.54, 1.807) is 50.2 Å². The van der Waals surface area contributed by atoms with Gasteiger partial charge in [0.2, 0.25) is 20.0 Å². The maximum Gasteiger partial charge on any atom is 0.264 e. The summed E-state index contributed by atoms with van der Waals surface area (Å²) in [5.41, 5.74) is 6.49. The standard InChI is InChI=1S/2C34H44ClN3O5S/c2*1-21-14-27(37(3)4)17-31(39)28-10-7-25(28)18-38-19-34(13-5-6-23-15-26(35)9-11-29(23)34)20-43-32-12-8-24(16-30(32)38)33(40)36-44(41,42)22(21)2/h2*8-9,11-12,15-16,21-22,25,27-28H,5-7,10,13-14,17-20H2,1-4H3,(H,36,40)/t21-,22+,25-,27+,28+,34-;21-,22+,25-,27-,28+,34-/m00/s1. The predicted octanol–water partition coefficient (Wildman–Crippen LogP) is 10.4. The number of sulfonamides is 2. The van der Waals surface area contributed by atoms with E-state index in [4.69, 9.17) is 32.7 Å². The molecule has 4 bridgehead atoms. The zero-order chi connectivity index (χ0) is 62.8. The molecule has 2 spiro atoms. The molecule has 16 nitrogen and oxygen atoms in total. The molecule has 4 aromatic carbocycles. The van der Waals surface area contributed by atoms with Crippen LogP contribution in [0.25, 0.3) is 0 Å². The van der Waals surface area contributed by atoms with Crippen LogP contribution in [0.4, 0.5) is 11.4 Å². The second-order valence-electron chi connectivity index (χ2n) is 27.8. The summed E-state index contributed by atoms with van der Waals surface area (Å²) in [6.45, 7) is 10.7. The van der Waals surface area contributed by atoms with Gasteiger partial charge in [0.05, 0.1) is 35.1 Å². The number of ether oxygens (including phenoxy) is 2. The second-order valence-corrected chi connectivity index (χ2v) is 32.8. The zero-order valence-electron chi connectivity index (χ0n) is 52.3. The van der Waals surface area contributed by atoms with Gasteiger partial charge in [0.1, 0.15) is 23.1 Å². The first-order valence-electron chi connectivity index (χ1n) is 31.9. The van der Waals surface area contributed by atoms with Crippen LogP contribution in [0.3, 0.4) is 0 Å². The lowest BCUT2D eigenvalue weighted by Crippen LogP contribution is -2.49. The van der Waals surface area contributed by atoms with E-state index in [1.807, 2.05) is 64.0 Å². The van der Waals surface area contributed by atoms with Gasteiger partial charge in [0.15, 0.2) is 0 Å². The first-order chi connectivity index (χ1) is 41.7. The van der Waals surface area contributed by atoms with Crippen LogP contribution in [0, 0.1) is 35.5 Å². The molecular formula is C68H88Cl2N6O10S2. The van der Waals surface area contributed by atoms with Crippen LogP contribution in [0.1, 0.15) is 148 Å². The Morgan fingerprint density at radius 3 is 1.31 bits per heavy atom. The lowest BCUT2D eigenvalue weighted by molar-refractivity contribution is -0.129. The number of aryl methyl sites for hydroxylation is 2. The van der Waals surface area contributed by atoms with Gasteiger partial charge in [-0.3, -0.25) is 19.2 Å². The van der Waals surface area contributed by atoms with E-state index in [0.29, 0.717) is 76.6 Å². The van der Waals surface area contributed by atoms with Crippen molar-refractivity contribution >= 4 is 78.0 Å². The summed E-state index contributed by atoms with van der Waals surface area (Å²) >= 11 is 12.8. The highest BCUT2D eigenvalue weighted by Crippen LogP contribution is 2.49. The molecule has 0 aromatic heterocycles. The number of nitrogens with zero attached hydrogens (tertiary/aromatic N) is 4. The van der Waals surface area contributed by atoms with E-state index in [2.05, 4.69) is 43.5 Å². The zero-order valence-corrected chi connectivity index (χ0v) is 55.4. The third-order valence-corrected chi connectivity index (χ3v) is 26.1. The number of hydrogen-bond donors (Lipinski definition) is 2. The molecule has 0 radical (unpaired) electrons. The largest absolute Gasteiger partial charge is 0.490 e. The van der Waals surface area contributed by atoms with Crippen LogP contribution in [-0.4, -0.2) is 140 Å². The normalized spacial score (nSPS) is 32.1. The molecule has 4 aliphatic heterocycles. The topological polar surface area (TPSA) is 192 Å². The quantitative estimate of drug-likeness (QED) is 0.193. The van der Waals surface area contributed by atoms with Crippen molar-refractivity contribution < 1.29 is 45.5 Å². The van der Waals surface area contributed by atoms with Gasteiger partial charge < -0.3 is 29.1 Å². The molecule has 4 aliphatic carbocycles. The van der Waals surface area contributed by atoms with Crippen molar-refractivity contribution in [3.8, 4) is 11.5 Å². The van der Waals surface area contributed by atoms with E-state index in [-0.39, 0.29) is 81.1 Å². The smallest absolute Gasteiger partial charge is 0.264 e. The Kier molecular flexibility index (Phi) is 18.6. The highest BCUT2D eigenvalue weighted by Gasteiger charge is 2.48. The first-order valence-corrected chi connectivity index (χ1v) is 35.7. The minimum absolute atomic E-state index is 0.0330. The van der Waals surface area contributed by atoms with E-state index >= 15 is 0 Å². The number of anilines is 2. The molecule has 2 saturated carbocycles. The van der Waals surface area contributed by atoms with Crippen molar-refractivity contribution in [3.63, 3.8) is 0 Å². The number of hydrogen-bond acceptors (Lipinski definition) is 14. The number of amides is 2. The van der Waals surface area contributed by atoms with Crippen molar-refractivity contribution in [2.24, 2.45) is 35.5 Å². The summed E-state index contributed by atoms with van der Waals surface area (Å²) in [6.07, 6.45) is 11.4. The average Bonchev–Trinajstić information content (AvgIpc) is 1.48. The Morgan fingerprint density at radius 2 is 0.943 bits per heavy atom. The maximum absolute atomic E-state index is 13.8. The Bertz CT molecular complexity index is 3350. The van der Waals surface area contributed by atoms with Crippen LogP contribution in [0.15, 0.2) is 72.8 Å². The summed E-state index contributed by atoms with van der Waals surface area (Å²) in [6, 6.07) is 22.5. The summed E-state index contributed by atoms with van der Waals surface area (Å²) in [4.78, 5) is 63.2. The molecule has 12 atom stereocenters. The number of carbonyl (C=O) groups is 4. The molecular weight excluding hydrogens is 1200 g/mol. The number of fused-ring (bicyclic) bond motifs is 8. The number of rotatable bonds is 2. The van der Waals surface area contributed by atoms with Gasteiger partial charge in [0, 0.05) is 94.9 Å². The van der Waals surface area contributed by atoms with Gasteiger partial charge in [-0.2, -0.15) is 0 Å². The molecule has 8 aliphatic rings. The van der Waals surface area contributed by atoms with Crippen molar-refractivity contribution in [1.82, 2.24) is 19.2 Å². The van der Waals surface area contributed by atoms with Crippen molar-refractivity contribution in [2.45, 2.75) is 151 Å². The highest BCUT2D eigenvalue weighted by atomic mass is 35.5. The summed E-state index contributed by atoms with van der Waals surface area (Å²) in [5.74, 6) is 0.382. The molecule has 20 heteroatoms. The second kappa shape index (κ2) is 25.4. The van der Waals surface area contributed by atoms with Crippen LogP contribution in [-0.2, 0) is 53.3 Å². The predicted molar refractivity (Wildman–Crippen MR) is 346 cm³/mol. The van der Waals surface area contributed by atoms with Crippen LogP contribution >= 0.6 is 23.2 Å². The Hall–Kier alpha value is -5.24. The van der Waals surface area contributed by atoms with Gasteiger partial charge in [-0.1, -0.05) is 49.2 Å². The van der Waals surface area contributed by atoms with Crippen molar-refractivity contribution in [2.75, 3.05) is 77.4 Å². The van der Waals surface area contributed by atoms with Crippen LogP contribution < -0.4 is 28.7 Å². The van der Waals surface area contributed by atoms with Crippen LogP contribution in [0.2, 0.25) is 10.0 Å². The first kappa shape index (κ1) is 64.3. The number of nitrogens with one attached hydrogen (secondary N) is 2. The number of carbonyl (C=O) groups excluding carboxylic acids is 4. The lowest BCUT2D eigenvalue weighted by atomic mass is 9.68. The lowest BCUT2D eigenvalue weighted by Gasteiger charge is -2.44. The number of benzene rings is 4. The molecule has 0 unspecified atom stereocenters. The molecule has 4 aromatic rings. The van der Waals surface area contributed by atoms with Crippen LogP contribution in [0.5, 0.6) is 11.5 Å². The third-order valence-electron chi connectivity index (χ3n) is 21.8. The number of halogens is 2. The van der Waals surface area contributed by atoms with Gasteiger partial charge >= 0.3 is 0 Å². The van der Waals surface area contributed by atoms with Crippen molar-refractivity contribution in [1.29, 1.82) is 0 Å². The van der Waals surface area contributed by atoms with E-state index in [9.17, 15) is 36.0 Å².